The van der Waals surface area contributed by atoms with Crippen molar-refractivity contribution in [1.82, 2.24) is 5.32 Å². The zero-order chi connectivity index (χ0) is 19.3. The van der Waals surface area contributed by atoms with Gasteiger partial charge in [0, 0.05) is 12.0 Å². The summed E-state index contributed by atoms with van der Waals surface area (Å²) in [6.07, 6.45) is 0.798. The number of ether oxygens (including phenoxy) is 3. The number of aromatic hydroxyl groups is 1. The highest BCUT2D eigenvalue weighted by Gasteiger charge is 2.35. The van der Waals surface area contributed by atoms with Crippen LogP contribution in [0.2, 0.25) is 0 Å². The largest absolute Gasteiger partial charge is 0.507 e. The van der Waals surface area contributed by atoms with Gasteiger partial charge in [0.2, 0.25) is 0 Å². The minimum absolute atomic E-state index is 0.00789. The van der Waals surface area contributed by atoms with E-state index in [2.05, 4.69) is 10.1 Å². The Bertz CT molecular complexity index is 646. The Morgan fingerprint density at radius 2 is 1.88 bits per heavy atom. The van der Waals surface area contributed by atoms with Crippen LogP contribution in [0.1, 0.15) is 44.0 Å². The van der Waals surface area contributed by atoms with Crippen molar-refractivity contribution >= 4 is 11.9 Å². The monoisotopic (exact) mass is 365 g/mol. The van der Waals surface area contributed by atoms with E-state index in [1.807, 2.05) is 0 Å². The van der Waals surface area contributed by atoms with Crippen LogP contribution in [0.25, 0.3) is 0 Å². The van der Waals surface area contributed by atoms with Crippen molar-refractivity contribution in [3.8, 4) is 11.5 Å². The molecular weight excluding hydrogens is 338 g/mol. The summed E-state index contributed by atoms with van der Waals surface area (Å²) in [6.45, 7) is 7.03. The third kappa shape index (κ3) is 5.36. The number of esters is 2. The molecule has 1 aliphatic heterocycles. The number of hydrogen-bond donors (Lipinski definition) is 2. The molecule has 1 saturated heterocycles. The number of nitrogens with one attached hydrogen (secondary N) is 1. The summed E-state index contributed by atoms with van der Waals surface area (Å²) in [6, 6.07) is 4.25. The number of benzene rings is 1. The zero-order valence-corrected chi connectivity index (χ0v) is 15.7. The summed E-state index contributed by atoms with van der Waals surface area (Å²) in [4.78, 5) is 24.2. The van der Waals surface area contributed by atoms with E-state index in [-0.39, 0.29) is 17.2 Å². The van der Waals surface area contributed by atoms with E-state index in [0.29, 0.717) is 5.75 Å². The van der Waals surface area contributed by atoms with Crippen molar-refractivity contribution in [2.24, 2.45) is 5.92 Å². The molecule has 1 aliphatic rings. The molecule has 0 amide bonds. The van der Waals surface area contributed by atoms with E-state index in [1.165, 1.54) is 25.3 Å². The Labute approximate surface area is 153 Å². The number of carbonyl (C=O) groups is 2. The van der Waals surface area contributed by atoms with Crippen LogP contribution in [0.15, 0.2) is 18.2 Å². The number of phenolic OH excluding ortho intramolecular Hbond substituents is 1. The van der Waals surface area contributed by atoms with Gasteiger partial charge in [0.15, 0.2) is 6.10 Å². The summed E-state index contributed by atoms with van der Waals surface area (Å²) < 4.78 is 16.0. The van der Waals surface area contributed by atoms with Crippen LogP contribution in [-0.4, -0.2) is 48.9 Å². The highest BCUT2D eigenvalue weighted by molar-refractivity contribution is 5.92. The van der Waals surface area contributed by atoms with Crippen molar-refractivity contribution in [3.63, 3.8) is 0 Å². The summed E-state index contributed by atoms with van der Waals surface area (Å²) in [5.74, 6) is -1.03. The van der Waals surface area contributed by atoms with Gasteiger partial charge in [0.1, 0.15) is 22.7 Å². The van der Waals surface area contributed by atoms with Crippen LogP contribution in [0.5, 0.6) is 11.5 Å². The van der Waals surface area contributed by atoms with E-state index in [0.717, 1.165) is 25.9 Å². The molecule has 1 atom stereocenters. The third-order valence-corrected chi connectivity index (χ3v) is 4.09. The molecule has 1 heterocycles. The molecule has 2 N–H and O–H groups in total. The fraction of sp³-hybridized carbons (Fsp3) is 0.579. The molecule has 2 rings (SSSR count). The molecule has 0 bridgehead atoms. The molecule has 1 fully saturated rings. The Kier molecular flexibility index (Phi) is 6.47. The maximum Gasteiger partial charge on any atom is 0.348 e. The van der Waals surface area contributed by atoms with E-state index in [9.17, 15) is 14.7 Å². The highest BCUT2D eigenvalue weighted by Crippen LogP contribution is 2.29. The van der Waals surface area contributed by atoms with Gasteiger partial charge in [0.25, 0.3) is 0 Å². The van der Waals surface area contributed by atoms with E-state index in [4.69, 9.17) is 9.47 Å². The Balaban J connectivity index is 2.21. The van der Waals surface area contributed by atoms with Crippen molar-refractivity contribution < 1.29 is 28.9 Å². The minimum Gasteiger partial charge on any atom is -0.507 e. The molecule has 1 aromatic carbocycles. The first-order valence-electron chi connectivity index (χ1n) is 8.73. The summed E-state index contributed by atoms with van der Waals surface area (Å²) in [5.41, 5.74) is -0.585. The number of piperidine rings is 1. The van der Waals surface area contributed by atoms with Gasteiger partial charge in [-0.25, -0.2) is 9.59 Å². The number of rotatable bonds is 5. The predicted molar refractivity (Wildman–Crippen MR) is 95.3 cm³/mol. The highest BCUT2D eigenvalue weighted by atomic mass is 16.6. The van der Waals surface area contributed by atoms with E-state index < -0.39 is 23.6 Å². The zero-order valence-electron chi connectivity index (χ0n) is 15.7. The van der Waals surface area contributed by atoms with Crippen molar-refractivity contribution in [3.05, 3.63) is 23.8 Å². The number of phenols is 1. The topological polar surface area (TPSA) is 94.1 Å². The predicted octanol–water partition coefficient (Wildman–Crippen LogP) is 2.27. The average molecular weight is 365 g/mol. The van der Waals surface area contributed by atoms with Gasteiger partial charge in [-0.3, -0.25) is 0 Å². The van der Waals surface area contributed by atoms with E-state index in [1.54, 1.807) is 20.8 Å². The van der Waals surface area contributed by atoms with Crippen LogP contribution in [0.4, 0.5) is 0 Å². The average Bonchev–Trinajstić information content (AvgIpc) is 2.58. The van der Waals surface area contributed by atoms with Gasteiger partial charge in [-0.05, 0) is 58.8 Å². The number of carbonyl (C=O) groups excluding carboxylic acids is 2. The van der Waals surface area contributed by atoms with Crippen LogP contribution in [-0.2, 0) is 14.3 Å². The summed E-state index contributed by atoms with van der Waals surface area (Å²) >= 11 is 0. The van der Waals surface area contributed by atoms with Crippen molar-refractivity contribution in [1.29, 1.82) is 0 Å². The second-order valence-corrected chi connectivity index (χ2v) is 7.33. The molecule has 7 nitrogen and oxygen atoms in total. The molecule has 1 aromatic rings. The number of hydrogen-bond acceptors (Lipinski definition) is 7. The Morgan fingerprint density at radius 3 is 2.42 bits per heavy atom. The molecule has 144 valence electrons. The first-order chi connectivity index (χ1) is 12.2. The smallest absolute Gasteiger partial charge is 0.348 e. The molecule has 1 unspecified atom stereocenters. The summed E-state index contributed by atoms with van der Waals surface area (Å²) in [5, 5.41) is 13.3. The van der Waals surface area contributed by atoms with Crippen LogP contribution >= 0.6 is 0 Å². The number of methoxy groups -OCH3 is 1. The standard InChI is InChI=1S/C19H27NO6/c1-19(2,3)26-18(23)16(12-7-9-20-10-8-12)25-13-5-6-14(15(21)11-13)17(22)24-4/h5-6,11-12,16,20-21H,7-10H2,1-4H3. The Hall–Kier alpha value is -2.28. The lowest BCUT2D eigenvalue weighted by Gasteiger charge is -2.31. The Morgan fingerprint density at radius 1 is 1.23 bits per heavy atom. The van der Waals surface area contributed by atoms with Crippen molar-refractivity contribution in [2.45, 2.75) is 45.3 Å². The first-order valence-corrected chi connectivity index (χ1v) is 8.73. The summed E-state index contributed by atoms with van der Waals surface area (Å²) in [7, 11) is 1.24. The fourth-order valence-corrected chi connectivity index (χ4v) is 2.86. The minimum atomic E-state index is -0.778. The van der Waals surface area contributed by atoms with Gasteiger partial charge in [-0.1, -0.05) is 0 Å². The fourth-order valence-electron chi connectivity index (χ4n) is 2.86. The first kappa shape index (κ1) is 20.0. The maximum absolute atomic E-state index is 12.7. The second kappa shape index (κ2) is 8.40. The molecule has 0 aliphatic carbocycles. The van der Waals surface area contributed by atoms with Crippen LogP contribution in [0, 0.1) is 5.92 Å². The molecule has 0 spiro atoms. The molecule has 26 heavy (non-hydrogen) atoms. The molecule has 0 saturated carbocycles. The lowest BCUT2D eigenvalue weighted by atomic mass is 9.92. The van der Waals surface area contributed by atoms with E-state index >= 15 is 0 Å². The SMILES string of the molecule is COC(=O)c1ccc(OC(C(=O)OC(C)(C)C)C2CCNCC2)cc1O. The lowest BCUT2D eigenvalue weighted by molar-refractivity contribution is -0.166. The normalized spacial score (nSPS) is 16.6. The van der Waals surface area contributed by atoms with Crippen LogP contribution in [0.3, 0.4) is 0 Å². The van der Waals surface area contributed by atoms with Gasteiger partial charge in [0.05, 0.1) is 7.11 Å². The van der Waals surface area contributed by atoms with Crippen molar-refractivity contribution in [2.75, 3.05) is 20.2 Å². The third-order valence-electron chi connectivity index (χ3n) is 4.09. The molecule has 7 heteroatoms. The second-order valence-electron chi connectivity index (χ2n) is 7.33. The van der Waals surface area contributed by atoms with Gasteiger partial charge in [-0.2, -0.15) is 0 Å². The van der Waals surface area contributed by atoms with Gasteiger partial charge >= 0.3 is 11.9 Å². The van der Waals surface area contributed by atoms with Gasteiger partial charge in [-0.15, -0.1) is 0 Å². The molecular formula is C19H27NO6. The molecule has 0 radical (unpaired) electrons. The lowest BCUT2D eigenvalue weighted by Crippen LogP contribution is -2.44. The van der Waals surface area contributed by atoms with Gasteiger partial charge < -0.3 is 24.6 Å². The molecule has 0 aromatic heterocycles. The van der Waals surface area contributed by atoms with Crippen LogP contribution < -0.4 is 10.1 Å². The quantitative estimate of drug-likeness (QED) is 0.773. The maximum atomic E-state index is 12.7.